The predicted octanol–water partition coefficient (Wildman–Crippen LogP) is 2.85. The van der Waals surface area contributed by atoms with Crippen molar-refractivity contribution in [2.45, 2.75) is 13.3 Å². The van der Waals surface area contributed by atoms with Crippen molar-refractivity contribution < 1.29 is 14.4 Å². The van der Waals surface area contributed by atoms with E-state index >= 15 is 0 Å². The lowest BCUT2D eigenvalue weighted by Gasteiger charge is -2.17. The van der Waals surface area contributed by atoms with Crippen molar-refractivity contribution in [2.75, 3.05) is 16.8 Å². The Morgan fingerprint density at radius 1 is 1.23 bits per heavy atom. The molecule has 1 heterocycles. The molecule has 6 nitrogen and oxygen atoms in total. The molecular weight excluding hydrogens is 398 g/mol. The minimum Gasteiger partial charge on any atom is -0.366 e. The number of rotatable bonds is 4. The number of nitrogens with two attached hydrogens (primary N) is 1. The number of carbonyl (C=O) groups excluding carboxylic acids is 3. The van der Waals surface area contributed by atoms with Crippen molar-refractivity contribution in [1.82, 2.24) is 0 Å². The molecule has 3 amide bonds. The van der Waals surface area contributed by atoms with E-state index in [1.807, 2.05) is 24.3 Å². The van der Waals surface area contributed by atoms with E-state index in [9.17, 15) is 14.4 Å². The van der Waals surface area contributed by atoms with Gasteiger partial charge in [0.25, 0.3) is 5.91 Å². The van der Waals surface area contributed by atoms with Gasteiger partial charge in [-0.3, -0.25) is 14.4 Å². The number of anilines is 2. The van der Waals surface area contributed by atoms with Crippen LogP contribution >= 0.6 is 15.9 Å². The fraction of sp³-hybridized carbons (Fsp3) is 0.211. The normalized spacial score (nSPS) is 16.6. The van der Waals surface area contributed by atoms with Gasteiger partial charge in [-0.05, 0) is 36.8 Å². The first-order chi connectivity index (χ1) is 12.4. The Hall–Kier alpha value is -2.67. The van der Waals surface area contributed by atoms with Gasteiger partial charge >= 0.3 is 0 Å². The minimum atomic E-state index is -0.600. The lowest BCUT2D eigenvalue weighted by Crippen LogP contribution is -2.29. The average molecular weight is 416 g/mol. The topological polar surface area (TPSA) is 92.5 Å². The quantitative estimate of drug-likeness (QED) is 0.803. The smallest absolute Gasteiger partial charge is 0.251 e. The third-order valence-corrected chi connectivity index (χ3v) is 4.89. The zero-order valence-electron chi connectivity index (χ0n) is 14.2. The number of nitrogens with zero attached hydrogens (tertiary/aromatic N) is 1. The largest absolute Gasteiger partial charge is 0.366 e. The van der Waals surface area contributed by atoms with Gasteiger partial charge < -0.3 is 16.0 Å². The maximum absolute atomic E-state index is 12.6. The fourth-order valence-electron chi connectivity index (χ4n) is 3.11. The van der Waals surface area contributed by atoms with Crippen molar-refractivity contribution >= 4 is 45.0 Å². The number of halogens is 1. The molecule has 3 N–H and O–H groups in total. The van der Waals surface area contributed by atoms with E-state index in [0.29, 0.717) is 17.8 Å². The first-order valence-corrected chi connectivity index (χ1v) is 8.92. The van der Waals surface area contributed by atoms with E-state index < -0.39 is 11.8 Å². The molecule has 0 aliphatic carbocycles. The van der Waals surface area contributed by atoms with Crippen molar-refractivity contribution in [2.24, 2.45) is 11.7 Å². The first-order valence-electron chi connectivity index (χ1n) is 8.13. The lowest BCUT2D eigenvalue weighted by atomic mass is 10.0. The Morgan fingerprint density at radius 3 is 2.65 bits per heavy atom. The molecule has 1 atom stereocenters. The Balaban J connectivity index is 1.77. The van der Waals surface area contributed by atoms with Gasteiger partial charge in [0.05, 0.1) is 17.2 Å². The van der Waals surface area contributed by atoms with Crippen LogP contribution in [0.2, 0.25) is 0 Å². The summed E-state index contributed by atoms with van der Waals surface area (Å²) in [5.74, 6) is -1.51. The fourth-order valence-corrected chi connectivity index (χ4v) is 3.50. The van der Waals surface area contributed by atoms with Gasteiger partial charge in [-0.25, -0.2) is 0 Å². The Labute approximate surface area is 159 Å². The highest BCUT2D eigenvalue weighted by atomic mass is 79.9. The number of benzene rings is 2. The third kappa shape index (κ3) is 3.62. The van der Waals surface area contributed by atoms with Crippen LogP contribution < -0.4 is 16.0 Å². The maximum Gasteiger partial charge on any atom is 0.251 e. The van der Waals surface area contributed by atoms with Crippen molar-refractivity contribution in [3.8, 4) is 0 Å². The Bertz CT molecular complexity index is 897. The first kappa shape index (κ1) is 18.1. The zero-order valence-corrected chi connectivity index (χ0v) is 15.7. The third-order valence-electron chi connectivity index (χ3n) is 4.39. The molecule has 0 aromatic heterocycles. The van der Waals surface area contributed by atoms with Crippen molar-refractivity contribution in [3.05, 3.63) is 58.1 Å². The van der Waals surface area contributed by atoms with Gasteiger partial charge in [0.1, 0.15) is 0 Å². The summed E-state index contributed by atoms with van der Waals surface area (Å²) in [4.78, 5) is 38.2. The summed E-state index contributed by atoms with van der Waals surface area (Å²) in [7, 11) is 0. The molecule has 1 unspecified atom stereocenters. The van der Waals surface area contributed by atoms with E-state index in [1.54, 1.807) is 30.0 Å². The summed E-state index contributed by atoms with van der Waals surface area (Å²) in [5, 5.41) is 2.75. The monoisotopic (exact) mass is 415 g/mol. The molecule has 7 heteroatoms. The molecular formula is C19H18BrN3O3. The van der Waals surface area contributed by atoms with Crippen molar-refractivity contribution in [1.29, 1.82) is 0 Å². The second kappa shape index (κ2) is 7.29. The second-order valence-corrected chi connectivity index (χ2v) is 7.15. The van der Waals surface area contributed by atoms with Crippen LogP contribution in [0.25, 0.3) is 0 Å². The molecule has 1 aliphatic rings. The van der Waals surface area contributed by atoms with E-state index in [-0.39, 0.29) is 23.8 Å². The number of amides is 3. The summed E-state index contributed by atoms with van der Waals surface area (Å²) in [6.45, 7) is 2.04. The number of carbonyl (C=O) groups is 3. The molecule has 0 saturated carbocycles. The Morgan fingerprint density at radius 2 is 1.96 bits per heavy atom. The number of primary amides is 1. The molecule has 1 fully saturated rings. The number of hydrogen-bond donors (Lipinski definition) is 2. The zero-order chi connectivity index (χ0) is 18.8. The van der Waals surface area contributed by atoms with Gasteiger partial charge in [0.15, 0.2) is 0 Å². The molecule has 1 aliphatic heterocycles. The van der Waals surface area contributed by atoms with Gasteiger partial charge in [-0.2, -0.15) is 0 Å². The summed E-state index contributed by atoms with van der Waals surface area (Å²) in [5.41, 5.74) is 7.51. The van der Waals surface area contributed by atoms with Crippen LogP contribution in [0.15, 0.2) is 46.9 Å². The van der Waals surface area contributed by atoms with Crippen LogP contribution in [0.5, 0.6) is 0 Å². The van der Waals surface area contributed by atoms with Crippen LogP contribution in [0.1, 0.15) is 22.3 Å². The predicted molar refractivity (Wildman–Crippen MR) is 103 cm³/mol. The molecule has 0 radical (unpaired) electrons. The second-order valence-electron chi connectivity index (χ2n) is 6.24. The molecule has 3 rings (SSSR count). The highest BCUT2D eigenvalue weighted by molar-refractivity contribution is 9.10. The average Bonchev–Trinajstić information content (AvgIpc) is 2.96. The van der Waals surface area contributed by atoms with Gasteiger partial charge in [0.2, 0.25) is 11.8 Å². The van der Waals surface area contributed by atoms with E-state index in [0.717, 1.165) is 10.2 Å². The van der Waals surface area contributed by atoms with Crippen LogP contribution in [0, 0.1) is 12.8 Å². The van der Waals surface area contributed by atoms with Crippen LogP contribution in [0.4, 0.5) is 11.4 Å². The lowest BCUT2D eigenvalue weighted by molar-refractivity contribution is -0.122. The molecule has 2 aromatic carbocycles. The molecule has 1 saturated heterocycles. The number of aryl methyl sites for hydroxylation is 1. The van der Waals surface area contributed by atoms with Crippen LogP contribution in [0.3, 0.4) is 0 Å². The maximum atomic E-state index is 12.6. The van der Waals surface area contributed by atoms with E-state index in [1.165, 1.54) is 0 Å². The SMILES string of the molecule is Cc1cccc(NC(=O)C2CC(=O)N(c3cccc(Br)c3)C2)c1C(N)=O. The molecule has 2 aromatic rings. The summed E-state index contributed by atoms with van der Waals surface area (Å²) in [6.07, 6.45) is 0.121. The highest BCUT2D eigenvalue weighted by Gasteiger charge is 2.35. The summed E-state index contributed by atoms with van der Waals surface area (Å²) >= 11 is 3.38. The summed E-state index contributed by atoms with van der Waals surface area (Å²) < 4.78 is 0.863. The van der Waals surface area contributed by atoms with E-state index in [4.69, 9.17) is 5.73 Å². The van der Waals surface area contributed by atoms with Gasteiger partial charge in [0, 0.05) is 23.1 Å². The van der Waals surface area contributed by atoms with Crippen LogP contribution in [-0.4, -0.2) is 24.3 Å². The molecule has 134 valence electrons. The molecule has 26 heavy (non-hydrogen) atoms. The van der Waals surface area contributed by atoms with E-state index in [2.05, 4.69) is 21.2 Å². The highest BCUT2D eigenvalue weighted by Crippen LogP contribution is 2.28. The standard InChI is InChI=1S/C19H18BrN3O3/c1-11-4-2-7-15(17(11)18(21)25)22-19(26)12-8-16(24)23(10-12)14-6-3-5-13(20)9-14/h2-7,9,12H,8,10H2,1H3,(H2,21,25)(H,22,26). The van der Waals surface area contributed by atoms with Gasteiger partial charge in [-0.1, -0.05) is 34.1 Å². The molecule has 0 bridgehead atoms. The van der Waals surface area contributed by atoms with Crippen LogP contribution in [-0.2, 0) is 9.59 Å². The van der Waals surface area contributed by atoms with Crippen molar-refractivity contribution in [3.63, 3.8) is 0 Å². The van der Waals surface area contributed by atoms with Gasteiger partial charge in [-0.15, -0.1) is 0 Å². The molecule has 0 spiro atoms. The minimum absolute atomic E-state index is 0.109. The summed E-state index contributed by atoms with van der Waals surface area (Å²) in [6, 6.07) is 12.5. The Kier molecular flexibility index (Phi) is 5.08. The number of nitrogens with one attached hydrogen (secondary N) is 1. The number of hydrogen-bond acceptors (Lipinski definition) is 3.